The SMILES string of the molecule is CCc1nn2c(C)cc(C)nc2c1Cc1ccc(OCC2CCC(C(N)=O)CC2)cc1. The van der Waals surface area contributed by atoms with E-state index in [1.165, 1.54) is 11.1 Å². The van der Waals surface area contributed by atoms with Crippen LogP contribution in [0.4, 0.5) is 0 Å². The van der Waals surface area contributed by atoms with Crippen molar-refractivity contribution in [3.8, 4) is 5.75 Å². The molecule has 0 unspecified atom stereocenters. The Hall–Kier alpha value is -2.89. The maximum Gasteiger partial charge on any atom is 0.220 e. The van der Waals surface area contributed by atoms with Gasteiger partial charge < -0.3 is 10.5 Å². The van der Waals surface area contributed by atoms with Gasteiger partial charge in [-0.15, -0.1) is 0 Å². The van der Waals surface area contributed by atoms with Gasteiger partial charge in [0.25, 0.3) is 0 Å². The van der Waals surface area contributed by atoms with Crippen molar-refractivity contribution in [2.24, 2.45) is 17.6 Å². The molecule has 2 heterocycles. The van der Waals surface area contributed by atoms with Crippen molar-refractivity contribution >= 4 is 11.6 Å². The highest BCUT2D eigenvalue weighted by Crippen LogP contribution is 2.29. The van der Waals surface area contributed by atoms with Crippen LogP contribution >= 0.6 is 0 Å². The largest absolute Gasteiger partial charge is 0.493 e. The van der Waals surface area contributed by atoms with Crippen LogP contribution in [0.1, 0.15) is 60.8 Å². The first kappa shape index (κ1) is 21.3. The zero-order chi connectivity index (χ0) is 22.0. The fraction of sp³-hybridized carbons (Fsp3) is 0.480. The summed E-state index contributed by atoms with van der Waals surface area (Å²) >= 11 is 0. The molecular formula is C25H32N4O2. The van der Waals surface area contributed by atoms with Crippen molar-refractivity contribution in [1.29, 1.82) is 0 Å². The summed E-state index contributed by atoms with van der Waals surface area (Å²) in [6, 6.07) is 10.4. The lowest BCUT2D eigenvalue weighted by molar-refractivity contribution is -0.123. The number of ether oxygens (including phenoxy) is 1. The molecule has 4 rings (SSSR count). The van der Waals surface area contributed by atoms with E-state index < -0.39 is 0 Å². The molecule has 6 heteroatoms. The fourth-order valence-electron chi connectivity index (χ4n) is 4.61. The van der Waals surface area contributed by atoms with Crippen LogP contribution in [0.15, 0.2) is 30.3 Å². The van der Waals surface area contributed by atoms with Crippen LogP contribution in [0.2, 0.25) is 0 Å². The van der Waals surface area contributed by atoms with Crippen molar-refractivity contribution in [3.63, 3.8) is 0 Å². The molecule has 1 aliphatic rings. The number of nitrogens with two attached hydrogens (primary N) is 1. The Labute approximate surface area is 183 Å². The summed E-state index contributed by atoms with van der Waals surface area (Å²) in [5, 5.41) is 4.78. The van der Waals surface area contributed by atoms with E-state index in [9.17, 15) is 4.79 Å². The number of benzene rings is 1. The number of carbonyl (C=O) groups is 1. The standard InChI is InChI=1S/C25H32N4O2/c1-4-23-22(25-27-16(2)13-17(3)29(25)28-23)14-18-7-11-21(12-8-18)31-15-19-5-9-20(10-6-19)24(26)30/h7-8,11-13,19-20H,4-6,9-10,14-15H2,1-3H3,(H2,26,30). The monoisotopic (exact) mass is 420 g/mol. The molecule has 1 saturated carbocycles. The lowest BCUT2D eigenvalue weighted by Gasteiger charge is -2.26. The average molecular weight is 421 g/mol. The normalized spacial score (nSPS) is 18.9. The van der Waals surface area contributed by atoms with Gasteiger partial charge in [0, 0.05) is 29.3 Å². The Morgan fingerprint density at radius 2 is 1.87 bits per heavy atom. The molecule has 2 N–H and O–H groups in total. The van der Waals surface area contributed by atoms with E-state index in [2.05, 4.69) is 32.0 Å². The Balaban J connectivity index is 1.41. The van der Waals surface area contributed by atoms with Crippen LogP contribution in [0.3, 0.4) is 0 Å². The molecule has 31 heavy (non-hydrogen) atoms. The van der Waals surface area contributed by atoms with Crippen molar-refractivity contribution in [1.82, 2.24) is 14.6 Å². The number of amides is 1. The second-order valence-corrected chi connectivity index (χ2v) is 8.80. The molecule has 0 atom stereocenters. The summed E-state index contributed by atoms with van der Waals surface area (Å²) in [4.78, 5) is 16.1. The third-order valence-electron chi connectivity index (χ3n) is 6.45. The Morgan fingerprint density at radius 1 is 1.16 bits per heavy atom. The molecule has 2 aromatic heterocycles. The second-order valence-electron chi connectivity index (χ2n) is 8.80. The number of aryl methyl sites for hydroxylation is 3. The van der Waals surface area contributed by atoms with Gasteiger partial charge in [-0.05, 0) is 75.6 Å². The highest BCUT2D eigenvalue weighted by Gasteiger charge is 2.25. The van der Waals surface area contributed by atoms with Gasteiger partial charge in [0.1, 0.15) is 5.75 Å². The Kier molecular flexibility index (Phi) is 6.25. The van der Waals surface area contributed by atoms with Gasteiger partial charge in [-0.1, -0.05) is 19.1 Å². The lowest BCUT2D eigenvalue weighted by Crippen LogP contribution is -2.29. The highest BCUT2D eigenvalue weighted by molar-refractivity contribution is 5.76. The van der Waals surface area contributed by atoms with Gasteiger partial charge in [-0.2, -0.15) is 5.10 Å². The molecule has 1 aromatic carbocycles. The van der Waals surface area contributed by atoms with Crippen molar-refractivity contribution < 1.29 is 9.53 Å². The van der Waals surface area contributed by atoms with Crippen LogP contribution in [0, 0.1) is 25.7 Å². The second kappa shape index (κ2) is 9.08. The van der Waals surface area contributed by atoms with Crippen LogP contribution < -0.4 is 10.5 Å². The minimum atomic E-state index is -0.159. The quantitative estimate of drug-likeness (QED) is 0.622. The van der Waals surface area contributed by atoms with Gasteiger partial charge in [-0.25, -0.2) is 9.50 Å². The van der Waals surface area contributed by atoms with E-state index in [0.29, 0.717) is 12.5 Å². The number of primary amides is 1. The Bertz CT molecular complexity index is 1060. The minimum Gasteiger partial charge on any atom is -0.493 e. The topological polar surface area (TPSA) is 82.5 Å². The van der Waals surface area contributed by atoms with Crippen LogP contribution in [0.25, 0.3) is 5.65 Å². The zero-order valence-electron chi connectivity index (χ0n) is 18.7. The maximum atomic E-state index is 11.3. The van der Waals surface area contributed by atoms with Gasteiger partial charge in [0.05, 0.1) is 12.3 Å². The van der Waals surface area contributed by atoms with Gasteiger partial charge in [0.2, 0.25) is 5.91 Å². The number of aromatic nitrogens is 3. The summed E-state index contributed by atoms with van der Waals surface area (Å²) < 4.78 is 8.00. The molecule has 164 valence electrons. The van der Waals surface area contributed by atoms with Crippen LogP contribution in [-0.2, 0) is 17.6 Å². The third-order valence-corrected chi connectivity index (χ3v) is 6.45. The molecule has 6 nitrogen and oxygen atoms in total. The lowest BCUT2D eigenvalue weighted by atomic mass is 9.82. The van der Waals surface area contributed by atoms with Gasteiger partial charge in [-0.3, -0.25) is 4.79 Å². The molecule has 0 radical (unpaired) electrons. The first-order valence-corrected chi connectivity index (χ1v) is 11.3. The van der Waals surface area contributed by atoms with Crippen LogP contribution in [0.5, 0.6) is 5.75 Å². The van der Waals surface area contributed by atoms with E-state index in [4.69, 9.17) is 20.6 Å². The highest BCUT2D eigenvalue weighted by atomic mass is 16.5. The van der Waals surface area contributed by atoms with E-state index in [0.717, 1.165) is 67.0 Å². The molecule has 1 aliphatic carbocycles. The van der Waals surface area contributed by atoms with E-state index in [1.54, 1.807) is 0 Å². The van der Waals surface area contributed by atoms with Gasteiger partial charge in [0.15, 0.2) is 5.65 Å². The number of fused-ring (bicyclic) bond motifs is 1. The molecule has 0 spiro atoms. The molecular weight excluding hydrogens is 388 g/mol. The number of hydrogen-bond acceptors (Lipinski definition) is 4. The number of rotatable bonds is 7. The van der Waals surface area contributed by atoms with Crippen LogP contribution in [-0.4, -0.2) is 27.1 Å². The Morgan fingerprint density at radius 3 is 2.52 bits per heavy atom. The van der Waals surface area contributed by atoms with Crippen molar-refractivity contribution in [2.75, 3.05) is 6.61 Å². The number of carbonyl (C=O) groups excluding carboxylic acids is 1. The predicted molar refractivity (Wildman–Crippen MR) is 121 cm³/mol. The fourth-order valence-corrected chi connectivity index (χ4v) is 4.61. The summed E-state index contributed by atoms with van der Waals surface area (Å²) in [7, 11) is 0. The smallest absolute Gasteiger partial charge is 0.220 e. The summed E-state index contributed by atoms with van der Waals surface area (Å²) in [5.74, 6) is 1.28. The molecule has 1 fully saturated rings. The molecule has 0 aliphatic heterocycles. The van der Waals surface area contributed by atoms with Gasteiger partial charge >= 0.3 is 0 Å². The van der Waals surface area contributed by atoms with Crippen molar-refractivity contribution in [2.45, 2.75) is 59.3 Å². The van der Waals surface area contributed by atoms with Crippen molar-refractivity contribution in [3.05, 3.63) is 58.5 Å². The summed E-state index contributed by atoms with van der Waals surface area (Å²) in [6.07, 6.45) is 5.47. The first-order valence-electron chi connectivity index (χ1n) is 11.3. The van der Waals surface area contributed by atoms with E-state index >= 15 is 0 Å². The maximum absolute atomic E-state index is 11.3. The molecule has 1 amide bonds. The number of nitrogens with zero attached hydrogens (tertiary/aromatic N) is 3. The summed E-state index contributed by atoms with van der Waals surface area (Å²) in [5.41, 5.74) is 12.0. The minimum absolute atomic E-state index is 0.0468. The first-order chi connectivity index (χ1) is 14.9. The summed E-state index contributed by atoms with van der Waals surface area (Å²) in [6.45, 7) is 6.94. The average Bonchev–Trinajstić information content (AvgIpc) is 3.11. The van der Waals surface area contributed by atoms with E-state index in [1.807, 2.05) is 23.6 Å². The molecule has 0 saturated heterocycles. The third kappa shape index (κ3) is 4.73. The number of hydrogen-bond donors (Lipinski definition) is 1. The molecule has 3 aromatic rings. The van der Waals surface area contributed by atoms with E-state index in [-0.39, 0.29) is 11.8 Å². The molecule has 0 bridgehead atoms. The zero-order valence-corrected chi connectivity index (χ0v) is 18.7. The predicted octanol–water partition coefficient (Wildman–Crippen LogP) is 4.17.